The fourth-order valence-corrected chi connectivity index (χ4v) is 16.2. The summed E-state index contributed by atoms with van der Waals surface area (Å²) < 4.78 is 91.9. The molecule has 0 spiro atoms. The van der Waals surface area contributed by atoms with Crippen LogP contribution in [0.1, 0.15) is 531 Å². The molecule has 0 saturated heterocycles. The Balaban J connectivity index is 0.00000236. The Morgan fingerprint density at radius 3 is 0.521 bits per heavy atom. The summed E-state index contributed by atoms with van der Waals surface area (Å²) in [5, 5.41) is 0. The van der Waals surface area contributed by atoms with E-state index < -0.39 is 53.9 Å². The molecule has 0 fully saturated rings. The van der Waals surface area contributed by atoms with Gasteiger partial charge in [-0.3, -0.25) is 0 Å². The van der Waals surface area contributed by atoms with Crippen LogP contribution in [0.4, 0.5) is 0 Å². The van der Waals surface area contributed by atoms with Gasteiger partial charge in [0.2, 0.25) is 0 Å². The van der Waals surface area contributed by atoms with Crippen LogP contribution in [0.15, 0.2) is 94.8 Å². The summed E-state index contributed by atoms with van der Waals surface area (Å²) in [6.07, 6.45) is 107. The number of carbonyl (C=O) groups is 4. The van der Waals surface area contributed by atoms with Gasteiger partial charge in [-0.15, -0.1) is 0 Å². The number of esters is 4. The first kappa shape index (κ1) is 117. The van der Waals surface area contributed by atoms with Crippen molar-refractivity contribution in [3.8, 4) is 0 Å². The van der Waals surface area contributed by atoms with Crippen molar-refractivity contribution in [1.82, 2.24) is 0 Å². The zero-order chi connectivity index (χ0) is 87.2. The molecule has 0 unspecified atom stereocenters. The van der Waals surface area contributed by atoms with E-state index in [4.69, 9.17) is 18.9 Å². The molecule has 0 amide bonds. The van der Waals surface area contributed by atoms with Gasteiger partial charge in [0.25, 0.3) is 0 Å². The van der Waals surface area contributed by atoms with Crippen LogP contribution in [0, 0.1) is 0 Å². The standard InChI is InChI=1S/2C52H90O7S.Ca/c2*1-3-5-7-9-11-13-15-17-19-21-23-25-27-29-31-33-35-37-39-41-45-58-51(53)49-44-43-48(60(55,56)57)47-50(49)52(54)59-46-42-40-38-36-34-32-30-28-26-24-22-20-18-16-14-12-10-8-6-4-2;/h2*21-24,43-44,47H,3-20,25-42,45-46H2,1-2H3,(H,55,56,57);/q;;+2/p-2/b2*23-21+,24-22+;. The molecule has 0 radical (unpaired) electrons. The molecule has 0 heterocycles. The van der Waals surface area contributed by atoms with E-state index in [1.807, 2.05) is 0 Å². The molecule has 0 atom stereocenters. The van der Waals surface area contributed by atoms with Crippen molar-refractivity contribution in [2.24, 2.45) is 0 Å². The Hall–Kier alpha value is -3.64. The molecule has 17 heteroatoms. The molecule has 0 aliphatic rings. The average Bonchev–Trinajstić information content (AvgIpc) is 0.813. The topological polar surface area (TPSA) is 220 Å². The van der Waals surface area contributed by atoms with Gasteiger partial charge >= 0.3 is 61.6 Å². The second-order valence-electron chi connectivity index (χ2n) is 34.3. The SMILES string of the molecule is CCCCCCCCCC/C=C/CCCCCCCCCCOC(=O)c1ccc(S(=O)(=O)[O-])cc1C(=O)OCCCCCCCCCC/C=C/CCCCCCCCCC.CCCCCCCCCC/C=C/CCCCCCCCCCOC(=O)c1ccc(S(=O)(=O)[O-])cc1C(=O)OCCCCCCCCCC/C=C/CCCCCCCCCC.[Ca+2]. The van der Waals surface area contributed by atoms with Crippen LogP contribution in [0.3, 0.4) is 0 Å². The van der Waals surface area contributed by atoms with Crippen molar-refractivity contribution in [2.75, 3.05) is 26.4 Å². The number of hydrogen-bond acceptors (Lipinski definition) is 14. The van der Waals surface area contributed by atoms with Gasteiger partial charge in [-0.2, -0.15) is 0 Å². The van der Waals surface area contributed by atoms with Crippen LogP contribution in [0.2, 0.25) is 0 Å². The minimum Gasteiger partial charge on any atom is -0.744 e. The zero-order valence-corrected chi connectivity index (χ0v) is 81.9. The molecule has 0 aliphatic carbocycles. The summed E-state index contributed by atoms with van der Waals surface area (Å²) in [5.74, 6) is -3.10. The molecule has 2 aromatic carbocycles. The second-order valence-corrected chi connectivity index (χ2v) is 37.0. The van der Waals surface area contributed by atoms with Crippen LogP contribution < -0.4 is 0 Å². The molecule has 0 bridgehead atoms. The van der Waals surface area contributed by atoms with Gasteiger partial charge in [-0.05, 0) is 165 Å². The van der Waals surface area contributed by atoms with Gasteiger partial charge in [0, 0.05) is 0 Å². The van der Waals surface area contributed by atoms with Crippen LogP contribution in [0.25, 0.3) is 0 Å². The maximum atomic E-state index is 13.0. The summed E-state index contributed by atoms with van der Waals surface area (Å²) in [6, 6.07) is 6.29. The average molecular weight is 1760 g/mol. The van der Waals surface area contributed by atoms with Crippen LogP contribution in [-0.2, 0) is 39.2 Å². The third-order valence-electron chi connectivity index (χ3n) is 23.0. The van der Waals surface area contributed by atoms with E-state index in [0.717, 1.165) is 101 Å². The summed E-state index contributed by atoms with van der Waals surface area (Å²) in [4.78, 5) is 50.7. The molecule has 0 saturated carbocycles. The largest absolute Gasteiger partial charge is 2.00 e. The first-order chi connectivity index (χ1) is 58.6. The first-order valence-corrected chi connectivity index (χ1v) is 52.9. The third-order valence-corrected chi connectivity index (χ3v) is 24.7. The second kappa shape index (κ2) is 88.4. The molecule has 14 nitrogen and oxygen atoms in total. The summed E-state index contributed by atoms with van der Waals surface area (Å²) >= 11 is 0. The molecule has 692 valence electrons. The number of benzene rings is 2. The van der Waals surface area contributed by atoms with E-state index in [2.05, 4.69) is 76.3 Å². The van der Waals surface area contributed by atoms with Crippen LogP contribution >= 0.6 is 0 Å². The zero-order valence-electron chi connectivity index (χ0n) is 78.1. The number of allylic oxidation sites excluding steroid dienone is 8. The molecule has 0 N–H and O–H groups in total. The summed E-state index contributed by atoms with van der Waals surface area (Å²) in [7, 11) is -9.64. The molecule has 0 aliphatic heterocycles. The van der Waals surface area contributed by atoms with Crippen LogP contribution in [-0.4, -0.2) is 114 Å². The van der Waals surface area contributed by atoms with E-state index in [1.54, 1.807) is 0 Å². The first-order valence-electron chi connectivity index (χ1n) is 50.1. The van der Waals surface area contributed by atoms with E-state index in [-0.39, 0.29) is 86.4 Å². The van der Waals surface area contributed by atoms with Crippen molar-refractivity contribution in [3.63, 3.8) is 0 Å². The molecule has 121 heavy (non-hydrogen) atoms. The summed E-state index contributed by atoms with van der Waals surface area (Å²) in [6.45, 7) is 9.79. The fraction of sp³-hybridized carbons (Fsp3) is 0.769. The van der Waals surface area contributed by atoms with Crippen molar-refractivity contribution in [1.29, 1.82) is 0 Å². The molecular formula is C104H178CaO14S2. The van der Waals surface area contributed by atoms with Gasteiger partial charge in [-0.25, -0.2) is 36.0 Å². The molecule has 2 aromatic rings. The number of rotatable bonds is 86. The number of carbonyl (C=O) groups excluding carboxylic acids is 4. The van der Waals surface area contributed by atoms with Crippen LogP contribution in [0.5, 0.6) is 0 Å². The van der Waals surface area contributed by atoms with Gasteiger partial charge in [0.15, 0.2) is 0 Å². The van der Waals surface area contributed by atoms with Crippen molar-refractivity contribution >= 4 is 81.9 Å². The Morgan fingerprint density at radius 2 is 0.364 bits per heavy atom. The quantitative estimate of drug-likeness (QED) is 0.0150. The molecule has 2 rings (SSSR count). The molecular weight excluding hydrogens is 1580 g/mol. The van der Waals surface area contributed by atoms with Gasteiger partial charge in [0.1, 0.15) is 20.2 Å². The third kappa shape index (κ3) is 75.1. The Bertz CT molecular complexity index is 2880. The molecule has 0 aromatic heterocycles. The Morgan fingerprint density at radius 1 is 0.223 bits per heavy atom. The smallest absolute Gasteiger partial charge is 0.744 e. The Kier molecular flexibility index (Phi) is 85.7. The fourth-order valence-electron chi connectivity index (χ4n) is 15.2. The predicted molar refractivity (Wildman–Crippen MR) is 507 cm³/mol. The predicted octanol–water partition coefficient (Wildman–Crippen LogP) is 31.8. The van der Waals surface area contributed by atoms with Gasteiger partial charge in [-0.1, -0.05) is 410 Å². The maximum Gasteiger partial charge on any atom is 2.00 e. The number of unbranched alkanes of at least 4 members (excludes halogenated alkanes) is 64. The van der Waals surface area contributed by atoms with E-state index in [1.165, 1.54) is 372 Å². The minimum absolute atomic E-state index is 0. The van der Waals surface area contributed by atoms with Crippen molar-refractivity contribution in [2.45, 2.75) is 500 Å². The number of ether oxygens (including phenoxy) is 4. The minimum atomic E-state index is -4.82. The van der Waals surface area contributed by atoms with Crippen molar-refractivity contribution < 1.29 is 64.1 Å². The maximum absolute atomic E-state index is 13.0. The normalized spacial score (nSPS) is 11.8. The van der Waals surface area contributed by atoms with E-state index in [0.29, 0.717) is 25.7 Å². The Labute approximate surface area is 773 Å². The van der Waals surface area contributed by atoms with E-state index in [9.17, 15) is 45.1 Å². The van der Waals surface area contributed by atoms with Crippen molar-refractivity contribution in [3.05, 3.63) is 107 Å². The van der Waals surface area contributed by atoms with Gasteiger partial charge in [0.05, 0.1) is 58.5 Å². The van der Waals surface area contributed by atoms with Gasteiger partial charge < -0.3 is 28.1 Å². The monoisotopic (exact) mass is 1760 g/mol. The van der Waals surface area contributed by atoms with E-state index >= 15 is 0 Å². The summed E-state index contributed by atoms with van der Waals surface area (Å²) in [5.41, 5.74) is -0.679. The number of hydrogen-bond donors (Lipinski definition) is 0.